The minimum atomic E-state index is -3.74. The van der Waals surface area contributed by atoms with Crippen LogP contribution in [-0.2, 0) is 16.4 Å². The van der Waals surface area contributed by atoms with E-state index in [0.29, 0.717) is 5.92 Å². The number of carbonyl (C=O) groups is 1. The lowest BCUT2D eigenvalue weighted by molar-refractivity contribution is 0.0939. The molecule has 2 aromatic carbocycles. The predicted molar refractivity (Wildman–Crippen MR) is 115 cm³/mol. The fraction of sp³-hybridized carbons (Fsp3) is 0.409. The Morgan fingerprint density at radius 2 is 1.69 bits per heavy atom. The van der Waals surface area contributed by atoms with Gasteiger partial charge in [-0.05, 0) is 48.6 Å². The summed E-state index contributed by atoms with van der Waals surface area (Å²) in [6.07, 6.45) is 1.01. The topological polar surface area (TPSA) is 75.7 Å². The second kappa shape index (κ2) is 9.41. The fourth-order valence-corrected chi connectivity index (χ4v) is 4.07. The second-order valence-corrected chi connectivity index (χ2v) is 9.81. The van der Waals surface area contributed by atoms with Gasteiger partial charge < -0.3 is 10.1 Å². The molecule has 0 aliphatic rings. The minimum Gasteiger partial charge on any atom is -0.495 e. The molecule has 0 spiro atoms. The van der Waals surface area contributed by atoms with E-state index in [4.69, 9.17) is 4.74 Å². The molecule has 0 saturated heterocycles. The first-order valence-corrected chi connectivity index (χ1v) is 11.0. The molecule has 29 heavy (non-hydrogen) atoms. The van der Waals surface area contributed by atoms with Crippen molar-refractivity contribution >= 4 is 15.9 Å². The monoisotopic (exact) mass is 418 g/mol. The van der Waals surface area contributed by atoms with Gasteiger partial charge in [-0.25, -0.2) is 12.7 Å². The summed E-state index contributed by atoms with van der Waals surface area (Å²) < 4.78 is 31.4. The number of methoxy groups -OCH3 is 1. The number of nitrogens with zero attached hydrogens (tertiary/aromatic N) is 1. The number of hydrogen-bond acceptors (Lipinski definition) is 4. The zero-order valence-corrected chi connectivity index (χ0v) is 18.7. The fourth-order valence-electron chi connectivity index (χ4n) is 2.99. The summed E-state index contributed by atoms with van der Waals surface area (Å²) in [5.41, 5.74) is 2.51. The Morgan fingerprint density at radius 3 is 2.21 bits per heavy atom. The molecule has 0 aliphatic carbocycles. The first kappa shape index (κ1) is 22.9. The molecule has 1 amide bonds. The van der Waals surface area contributed by atoms with Crippen LogP contribution in [0.25, 0.3) is 0 Å². The quantitative estimate of drug-likeness (QED) is 0.710. The van der Waals surface area contributed by atoms with Crippen LogP contribution < -0.4 is 10.1 Å². The molecule has 0 heterocycles. The molecule has 0 aliphatic heterocycles. The molecule has 0 fully saturated rings. The van der Waals surface area contributed by atoms with Crippen LogP contribution in [0.1, 0.15) is 48.3 Å². The van der Waals surface area contributed by atoms with Crippen molar-refractivity contribution in [3.63, 3.8) is 0 Å². The number of sulfonamides is 1. The maximum Gasteiger partial charge on any atom is 0.251 e. The van der Waals surface area contributed by atoms with Gasteiger partial charge in [0.1, 0.15) is 10.6 Å². The summed E-state index contributed by atoms with van der Waals surface area (Å²) in [6, 6.07) is 12.4. The molecule has 0 bridgehead atoms. The molecule has 0 radical (unpaired) electrons. The average molecular weight is 419 g/mol. The third-order valence-corrected chi connectivity index (χ3v) is 6.49. The Morgan fingerprint density at radius 1 is 1.07 bits per heavy atom. The van der Waals surface area contributed by atoms with E-state index >= 15 is 0 Å². The molecule has 6 nitrogen and oxygen atoms in total. The number of hydrogen-bond donors (Lipinski definition) is 1. The van der Waals surface area contributed by atoms with Gasteiger partial charge in [0.15, 0.2) is 0 Å². The number of carbonyl (C=O) groups excluding carboxylic acids is 1. The van der Waals surface area contributed by atoms with E-state index in [1.807, 2.05) is 19.1 Å². The highest BCUT2D eigenvalue weighted by atomic mass is 32.2. The van der Waals surface area contributed by atoms with Crippen LogP contribution in [0.2, 0.25) is 0 Å². The van der Waals surface area contributed by atoms with Gasteiger partial charge >= 0.3 is 0 Å². The third-order valence-electron chi connectivity index (χ3n) is 4.66. The highest BCUT2D eigenvalue weighted by Gasteiger charge is 2.24. The molecule has 1 N–H and O–H groups in total. The van der Waals surface area contributed by atoms with Gasteiger partial charge in [-0.1, -0.05) is 38.1 Å². The Balaban J connectivity index is 2.22. The predicted octanol–water partition coefficient (Wildman–Crippen LogP) is 3.64. The van der Waals surface area contributed by atoms with Crippen LogP contribution in [0.15, 0.2) is 47.4 Å². The van der Waals surface area contributed by atoms with Crippen LogP contribution in [0.4, 0.5) is 0 Å². The number of benzene rings is 2. The zero-order valence-electron chi connectivity index (χ0n) is 17.9. The van der Waals surface area contributed by atoms with Crippen LogP contribution in [0.3, 0.4) is 0 Å². The van der Waals surface area contributed by atoms with Crippen molar-refractivity contribution in [2.24, 2.45) is 5.92 Å². The Labute approximate surface area is 173 Å². The largest absolute Gasteiger partial charge is 0.495 e. The molecule has 7 heteroatoms. The summed E-state index contributed by atoms with van der Waals surface area (Å²) in [6.45, 7) is 6.25. The molecular weight excluding hydrogens is 388 g/mol. The first-order valence-electron chi connectivity index (χ1n) is 9.56. The normalized spacial score (nSPS) is 12.8. The lowest BCUT2D eigenvalue weighted by Crippen LogP contribution is -2.27. The Kier molecular flexibility index (Phi) is 7.43. The SMILES string of the molecule is COc1ccc(C(=O)NC(C)c2ccc(CC(C)C)cc2)cc1S(=O)(=O)N(C)C. The van der Waals surface area contributed by atoms with Crippen LogP contribution in [0.5, 0.6) is 5.75 Å². The van der Waals surface area contributed by atoms with Crippen molar-refractivity contribution in [1.29, 1.82) is 0 Å². The molecule has 158 valence electrons. The van der Waals surface area contributed by atoms with Crippen LogP contribution in [-0.4, -0.2) is 39.8 Å². The highest BCUT2D eigenvalue weighted by Crippen LogP contribution is 2.27. The lowest BCUT2D eigenvalue weighted by Gasteiger charge is -2.17. The minimum absolute atomic E-state index is 0.0386. The highest BCUT2D eigenvalue weighted by molar-refractivity contribution is 7.89. The maximum atomic E-state index is 12.7. The summed E-state index contributed by atoms with van der Waals surface area (Å²) in [7, 11) is 0.529. The summed E-state index contributed by atoms with van der Waals surface area (Å²) in [4.78, 5) is 12.7. The molecule has 1 atom stereocenters. The smallest absolute Gasteiger partial charge is 0.251 e. The van der Waals surface area contributed by atoms with Gasteiger partial charge in [0.05, 0.1) is 13.2 Å². The van der Waals surface area contributed by atoms with E-state index in [9.17, 15) is 13.2 Å². The standard InChI is InChI=1S/C22H30N2O4S/c1-15(2)13-17-7-9-18(10-8-17)16(3)23-22(25)19-11-12-20(28-6)21(14-19)29(26,27)24(4)5/h7-12,14-16H,13H2,1-6H3,(H,23,25). The summed E-state index contributed by atoms with van der Waals surface area (Å²) in [5, 5.41) is 2.93. The van der Waals surface area contributed by atoms with Gasteiger partial charge in [-0.3, -0.25) is 4.79 Å². The molecule has 2 aromatic rings. The maximum absolute atomic E-state index is 12.7. The van der Waals surface area contributed by atoms with Gasteiger partial charge in [-0.15, -0.1) is 0 Å². The zero-order chi connectivity index (χ0) is 21.8. The van der Waals surface area contributed by atoms with Gasteiger partial charge in [0.2, 0.25) is 10.0 Å². The van der Waals surface area contributed by atoms with E-state index < -0.39 is 10.0 Å². The second-order valence-electron chi connectivity index (χ2n) is 7.69. The van der Waals surface area contributed by atoms with Crippen molar-refractivity contribution in [3.05, 3.63) is 59.2 Å². The Hall–Kier alpha value is -2.38. The molecular formula is C22H30N2O4S. The summed E-state index contributed by atoms with van der Waals surface area (Å²) in [5.74, 6) is 0.436. The van der Waals surface area contributed by atoms with Crippen LogP contribution in [0, 0.1) is 5.92 Å². The van der Waals surface area contributed by atoms with Crippen molar-refractivity contribution in [3.8, 4) is 5.75 Å². The first-order chi connectivity index (χ1) is 13.6. The van der Waals surface area contributed by atoms with Crippen molar-refractivity contribution in [2.45, 2.75) is 38.1 Å². The molecule has 2 rings (SSSR count). The Bertz CT molecular complexity index is 951. The van der Waals surface area contributed by atoms with E-state index in [0.717, 1.165) is 16.3 Å². The van der Waals surface area contributed by atoms with Gasteiger partial charge in [-0.2, -0.15) is 0 Å². The van der Waals surface area contributed by atoms with E-state index in [1.165, 1.54) is 38.9 Å². The number of ether oxygens (including phenoxy) is 1. The number of amides is 1. The number of nitrogens with one attached hydrogen (secondary N) is 1. The molecule has 0 aromatic heterocycles. The lowest BCUT2D eigenvalue weighted by atomic mass is 10.00. The van der Waals surface area contributed by atoms with Crippen molar-refractivity contribution in [2.75, 3.05) is 21.2 Å². The van der Waals surface area contributed by atoms with Crippen LogP contribution >= 0.6 is 0 Å². The van der Waals surface area contributed by atoms with Gasteiger partial charge in [0, 0.05) is 19.7 Å². The third kappa shape index (κ3) is 5.58. The average Bonchev–Trinajstić information content (AvgIpc) is 2.67. The summed E-state index contributed by atoms with van der Waals surface area (Å²) >= 11 is 0. The van der Waals surface area contributed by atoms with Crippen molar-refractivity contribution in [1.82, 2.24) is 9.62 Å². The van der Waals surface area contributed by atoms with Gasteiger partial charge in [0.25, 0.3) is 5.91 Å². The van der Waals surface area contributed by atoms with E-state index in [1.54, 1.807) is 6.07 Å². The molecule has 0 saturated carbocycles. The van der Waals surface area contributed by atoms with E-state index in [-0.39, 0.29) is 28.2 Å². The number of rotatable bonds is 8. The molecule has 1 unspecified atom stereocenters. The van der Waals surface area contributed by atoms with Crippen molar-refractivity contribution < 1.29 is 17.9 Å². The van der Waals surface area contributed by atoms with E-state index in [2.05, 4.69) is 31.3 Å².